The molecule has 1 aromatic rings. The molecule has 0 spiro atoms. The quantitative estimate of drug-likeness (QED) is 0.651. The maximum atomic E-state index is 10.9. The summed E-state index contributed by atoms with van der Waals surface area (Å²) in [5.41, 5.74) is 5.61. The highest BCUT2D eigenvalue weighted by Gasteiger charge is 2.13. The molecule has 1 amide bonds. The van der Waals surface area contributed by atoms with E-state index in [1.165, 1.54) is 6.20 Å². The number of hydrogen-bond acceptors (Lipinski definition) is 2. The van der Waals surface area contributed by atoms with Gasteiger partial charge < -0.3 is 5.73 Å². The number of carbonyl (C=O) groups excluding carboxylic acids is 1. The molecule has 4 heteroatoms. The van der Waals surface area contributed by atoms with Crippen LogP contribution in [0, 0.1) is 0 Å². The van der Waals surface area contributed by atoms with Crippen LogP contribution in [-0.2, 0) is 6.42 Å². The second-order valence-corrected chi connectivity index (χ2v) is 2.72. The first-order valence-corrected chi connectivity index (χ1v) is 3.81. The lowest BCUT2D eigenvalue weighted by Crippen LogP contribution is -2.16. The van der Waals surface area contributed by atoms with Gasteiger partial charge in [-0.25, -0.2) is 4.98 Å². The summed E-state index contributed by atoms with van der Waals surface area (Å²) in [5.74, 6) is 0.478. The highest BCUT2D eigenvalue weighted by atomic mass is 16.1. The number of carbonyl (C=O) groups is 1. The van der Waals surface area contributed by atoms with Crippen LogP contribution in [0.3, 0.4) is 0 Å². The van der Waals surface area contributed by atoms with E-state index in [1.54, 1.807) is 4.57 Å². The summed E-state index contributed by atoms with van der Waals surface area (Å²) < 4.78 is 1.74. The van der Waals surface area contributed by atoms with E-state index in [2.05, 4.69) is 4.98 Å². The second-order valence-electron chi connectivity index (χ2n) is 2.72. The fraction of sp³-hybridized carbons (Fsp3) is 0.250. The molecule has 0 saturated heterocycles. The summed E-state index contributed by atoms with van der Waals surface area (Å²) >= 11 is 0. The monoisotopic (exact) mass is 163 g/mol. The molecule has 0 aromatic carbocycles. The van der Waals surface area contributed by atoms with Crippen molar-refractivity contribution in [2.45, 2.75) is 12.8 Å². The van der Waals surface area contributed by atoms with Crippen molar-refractivity contribution < 1.29 is 4.79 Å². The van der Waals surface area contributed by atoms with Gasteiger partial charge in [0.05, 0.1) is 6.20 Å². The maximum absolute atomic E-state index is 10.9. The van der Waals surface area contributed by atoms with Gasteiger partial charge in [-0.15, -0.1) is 0 Å². The predicted octanol–water partition coefficient (Wildman–Crippen LogP) is 0.399. The number of primary amides is 1. The minimum atomic E-state index is -0.430. The summed E-state index contributed by atoms with van der Waals surface area (Å²) in [4.78, 5) is 15.0. The molecule has 0 aliphatic carbocycles. The fourth-order valence-electron chi connectivity index (χ4n) is 1.33. The zero-order valence-electron chi connectivity index (χ0n) is 6.53. The Morgan fingerprint density at radius 2 is 2.50 bits per heavy atom. The van der Waals surface area contributed by atoms with Crippen molar-refractivity contribution in [2.24, 2.45) is 5.73 Å². The van der Waals surface area contributed by atoms with Gasteiger partial charge in [-0.05, 0) is 6.42 Å². The molecule has 2 rings (SSSR count). The molecule has 2 heterocycles. The Kier molecular flexibility index (Phi) is 1.46. The average molecular weight is 163 g/mol. The van der Waals surface area contributed by atoms with Crippen molar-refractivity contribution in [3.63, 3.8) is 0 Å². The van der Waals surface area contributed by atoms with Crippen LogP contribution in [0.25, 0.3) is 6.20 Å². The van der Waals surface area contributed by atoms with Crippen LogP contribution in [0.1, 0.15) is 22.7 Å². The number of aromatic nitrogens is 2. The summed E-state index contributed by atoms with van der Waals surface area (Å²) in [6.45, 7) is 0. The highest BCUT2D eigenvalue weighted by molar-refractivity contribution is 5.91. The Hall–Kier alpha value is -1.58. The Labute approximate surface area is 69.7 Å². The maximum Gasteiger partial charge on any atom is 0.267 e. The van der Waals surface area contributed by atoms with Gasteiger partial charge in [0, 0.05) is 12.6 Å². The molecule has 0 saturated carbocycles. The first-order valence-electron chi connectivity index (χ1n) is 3.81. The van der Waals surface area contributed by atoms with E-state index in [-0.39, 0.29) is 0 Å². The lowest BCUT2D eigenvalue weighted by Gasteiger charge is -2.07. The summed E-state index contributed by atoms with van der Waals surface area (Å²) in [6.07, 6.45) is 7.22. The SMILES string of the molecule is NC(=O)c1cnc2n1C=CCC2. The van der Waals surface area contributed by atoms with E-state index in [4.69, 9.17) is 5.73 Å². The fourth-order valence-corrected chi connectivity index (χ4v) is 1.33. The molecule has 62 valence electrons. The third-order valence-corrected chi connectivity index (χ3v) is 1.92. The van der Waals surface area contributed by atoms with Gasteiger partial charge in [0.15, 0.2) is 0 Å². The van der Waals surface area contributed by atoms with Crippen LogP contribution < -0.4 is 5.73 Å². The topological polar surface area (TPSA) is 60.9 Å². The zero-order chi connectivity index (χ0) is 8.55. The molecule has 1 aromatic heterocycles. The number of imidazole rings is 1. The van der Waals surface area contributed by atoms with Gasteiger partial charge >= 0.3 is 0 Å². The van der Waals surface area contributed by atoms with Crippen LogP contribution in [0.5, 0.6) is 0 Å². The molecule has 2 N–H and O–H groups in total. The molecule has 12 heavy (non-hydrogen) atoms. The molecular formula is C8H9N3O. The van der Waals surface area contributed by atoms with Gasteiger partial charge in [0.1, 0.15) is 11.5 Å². The molecule has 0 radical (unpaired) electrons. The van der Waals surface area contributed by atoms with E-state index in [0.29, 0.717) is 5.69 Å². The van der Waals surface area contributed by atoms with Crippen molar-refractivity contribution in [1.29, 1.82) is 0 Å². The van der Waals surface area contributed by atoms with E-state index < -0.39 is 5.91 Å². The molecule has 0 bridgehead atoms. The van der Waals surface area contributed by atoms with E-state index in [1.807, 2.05) is 12.3 Å². The summed E-state index contributed by atoms with van der Waals surface area (Å²) in [7, 11) is 0. The van der Waals surface area contributed by atoms with Gasteiger partial charge in [0.25, 0.3) is 5.91 Å². The standard InChI is InChI=1S/C8H9N3O/c9-8(12)6-5-10-7-3-1-2-4-11(6)7/h2,4-5H,1,3H2,(H2,9,12). The number of amides is 1. The van der Waals surface area contributed by atoms with Crippen LogP contribution in [-0.4, -0.2) is 15.5 Å². The first kappa shape index (κ1) is 7.09. The highest BCUT2D eigenvalue weighted by Crippen LogP contribution is 2.12. The van der Waals surface area contributed by atoms with Crippen molar-refractivity contribution in [2.75, 3.05) is 0 Å². The van der Waals surface area contributed by atoms with Crippen molar-refractivity contribution >= 4 is 12.1 Å². The molecule has 1 aliphatic rings. The first-order chi connectivity index (χ1) is 5.79. The Balaban J connectivity index is 2.54. The Morgan fingerprint density at radius 3 is 3.25 bits per heavy atom. The predicted molar refractivity (Wildman–Crippen MR) is 44.4 cm³/mol. The third-order valence-electron chi connectivity index (χ3n) is 1.92. The minimum Gasteiger partial charge on any atom is -0.364 e. The van der Waals surface area contributed by atoms with Crippen molar-refractivity contribution in [3.8, 4) is 0 Å². The normalized spacial score (nSPS) is 14.3. The third kappa shape index (κ3) is 0.922. The largest absolute Gasteiger partial charge is 0.364 e. The summed E-state index contributed by atoms with van der Waals surface area (Å²) in [6, 6.07) is 0. The number of hydrogen-bond donors (Lipinski definition) is 1. The number of nitrogens with two attached hydrogens (primary N) is 1. The molecule has 0 fully saturated rings. The molecule has 1 aliphatic heterocycles. The number of allylic oxidation sites excluding steroid dienone is 1. The zero-order valence-corrected chi connectivity index (χ0v) is 6.53. The van der Waals surface area contributed by atoms with Gasteiger partial charge in [-0.1, -0.05) is 6.08 Å². The molecule has 4 nitrogen and oxygen atoms in total. The van der Waals surface area contributed by atoms with Crippen LogP contribution in [0.15, 0.2) is 12.3 Å². The summed E-state index contributed by atoms with van der Waals surface area (Å²) in [5, 5.41) is 0. The smallest absolute Gasteiger partial charge is 0.267 e. The van der Waals surface area contributed by atoms with Crippen LogP contribution in [0.4, 0.5) is 0 Å². The van der Waals surface area contributed by atoms with Crippen LogP contribution in [0.2, 0.25) is 0 Å². The molecular weight excluding hydrogens is 154 g/mol. The number of rotatable bonds is 1. The minimum absolute atomic E-state index is 0.430. The van der Waals surface area contributed by atoms with Crippen molar-refractivity contribution in [3.05, 3.63) is 23.8 Å². The molecule has 0 atom stereocenters. The van der Waals surface area contributed by atoms with Gasteiger partial charge in [0.2, 0.25) is 0 Å². The lowest BCUT2D eigenvalue weighted by atomic mass is 10.2. The second kappa shape index (κ2) is 2.48. The number of fused-ring (bicyclic) bond motifs is 1. The van der Waals surface area contributed by atoms with Gasteiger partial charge in [-0.2, -0.15) is 0 Å². The van der Waals surface area contributed by atoms with Crippen LogP contribution >= 0.6 is 0 Å². The van der Waals surface area contributed by atoms with E-state index in [0.717, 1.165) is 18.7 Å². The lowest BCUT2D eigenvalue weighted by molar-refractivity contribution is 0.0994. The average Bonchev–Trinajstić information content (AvgIpc) is 2.47. The number of nitrogens with zero attached hydrogens (tertiary/aromatic N) is 2. The Bertz CT molecular complexity index is 351. The van der Waals surface area contributed by atoms with Crippen molar-refractivity contribution in [1.82, 2.24) is 9.55 Å². The molecule has 0 unspecified atom stereocenters. The van der Waals surface area contributed by atoms with Gasteiger partial charge in [-0.3, -0.25) is 9.36 Å². The Morgan fingerprint density at radius 1 is 1.67 bits per heavy atom. The number of aryl methyl sites for hydroxylation is 1. The van der Waals surface area contributed by atoms with E-state index >= 15 is 0 Å². The van der Waals surface area contributed by atoms with E-state index in [9.17, 15) is 4.79 Å².